The van der Waals surface area contributed by atoms with Crippen LogP contribution in [0, 0.1) is 20.8 Å². The smallest absolute Gasteiger partial charge is 0.354 e. The van der Waals surface area contributed by atoms with Crippen LogP contribution in [0.2, 0.25) is 0 Å². The van der Waals surface area contributed by atoms with E-state index in [2.05, 4.69) is 9.97 Å². The number of rotatable bonds is 7. The SMILES string of the molecule is COC(=O)c1[nH]c(C)c(/C([O-])=C2\C(=O)C(=O)N(CCC[n+]3cc[nH]c3)C2c2ccc(C)o2)c1C. The summed E-state index contributed by atoms with van der Waals surface area (Å²) in [5.41, 5.74) is 0.891. The maximum absolute atomic E-state index is 13.7. The molecule has 0 spiro atoms. The minimum absolute atomic E-state index is 0.131. The lowest BCUT2D eigenvalue weighted by Gasteiger charge is -2.25. The van der Waals surface area contributed by atoms with Crippen LogP contribution in [0.1, 0.15) is 51.3 Å². The molecule has 0 aliphatic carbocycles. The molecule has 4 rings (SSSR count). The van der Waals surface area contributed by atoms with Crippen LogP contribution in [0.4, 0.5) is 0 Å². The van der Waals surface area contributed by atoms with Gasteiger partial charge in [-0.2, -0.15) is 0 Å². The number of carbonyl (C=O) groups excluding carboxylic acids is 3. The number of aryl methyl sites for hydroxylation is 3. The Bertz CT molecular complexity index is 1280. The third-order valence-electron chi connectivity index (χ3n) is 6.03. The summed E-state index contributed by atoms with van der Waals surface area (Å²) in [6.07, 6.45) is 6.01. The van der Waals surface area contributed by atoms with E-state index in [0.717, 1.165) is 0 Å². The highest BCUT2D eigenvalue weighted by Gasteiger charge is 2.45. The van der Waals surface area contributed by atoms with Gasteiger partial charge in [0.25, 0.3) is 5.91 Å². The van der Waals surface area contributed by atoms with E-state index in [1.165, 1.54) is 12.0 Å². The summed E-state index contributed by atoms with van der Waals surface area (Å²) in [6, 6.07) is 2.44. The van der Waals surface area contributed by atoms with E-state index in [-0.39, 0.29) is 23.4 Å². The molecule has 1 fully saturated rings. The number of aromatic amines is 2. The Balaban J connectivity index is 1.78. The molecule has 1 aliphatic rings. The molecule has 2 N–H and O–H groups in total. The van der Waals surface area contributed by atoms with Gasteiger partial charge in [0.2, 0.25) is 12.1 Å². The van der Waals surface area contributed by atoms with E-state index in [9.17, 15) is 19.5 Å². The van der Waals surface area contributed by atoms with Gasteiger partial charge in [-0.15, -0.1) is 0 Å². The van der Waals surface area contributed by atoms with Gasteiger partial charge in [-0.25, -0.2) is 9.36 Å². The van der Waals surface area contributed by atoms with E-state index >= 15 is 0 Å². The summed E-state index contributed by atoms with van der Waals surface area (Å²) in [5, 5.41) is 13.7. The molecule has 0 radical (unpaired) electrons. The number of aromatic nitrogens is 3. The van der Waals surface area contributed by atoms with Gasteiger partial charge in [-0.3, -0.25) is 14.6 Å². The number of H-pyrrole nitrogens is 2. The zero-order valence-corrected chi connectivity index (χ0v) is 19.4. The number of amides is 1. The van der Waals surface area contributed by atoms with E-state index in [0.29, 0.717) is 35.7 Å². The minimum atomic E-state index is -0.951. The lowest BCUT2D eigenvalue weighted by molar-refractivity contribution is -0.695. The number of carbonyl (C=O) groups is 3. The molecule has 1 aliphatic heterocycles. The molecule has 178 valence electrons. The number of methoxy groups -OCH3 is 1. The number of Topliss-reactive ketones (excluding diaryl/α,β-unsaturated/α-hetero) is 1. The maximum atomic E-state index is 13.7. The standard InChI is InChI=1S/C24H26N4O6/c1-13-6-7-16(34-13)20-18(21(29)17-14(2)19(24(32)33-4)26-15(17)3)22(30)23(31)28(20)10-5-9-27-11-8-25-12-27/h6-8,11-12,20H,5,9-10H2,1-4H3,(H2,26,29,30,32). The third-order valence-corrected chi connectivity index (χ3v) is 6.03. The van der Waals surface area contributed by atoms with Gasteiger partial charge in [0, 0.05) is 24.2 Å². The van der Waals surface area contributed by atoms with Crippen molar-refractivity contribution in [2.24, 2.45) is 0 Å². The molecule has 1 unspecified atom stereocenters. The summed E-state index contributed by atoms with van der Waals surface area (Å²) in [6.45, 7) is 5.85. The molecule has 1 atom stereocenters. The van der Waals surface area contributed by atoms with Crippen LogP contribution in [0.25, 0.3) is 5.76 Å². The predicted octanol–water partition coefficient (Wildman–Crippen LogP) is 1.25. The van der Waals surface area contributed by atoms with Gasteiger partial charge in [0.05, 0.1) is 13.7 Å². The number of esters is 1. The average Bonchev–Trinajstić information content (AvgIpc) is 3.58. The number of hydrogen-bond acceptors (Lipinski definition) is 6. The number of imidazole rings is 1. The number of likely N-dealkylation sites (tertiary alicyclic amines) is 1. The first-order valence-electron chi connectivity index (χ1n) is 10.9. The summed E-state index contributed by atoms with van der Waals surface area (Å²) in [4.78, 5) is 45.5. The van der Waals surface area contributed by atoms with Crippen molar-refractivity contribution in [1.82, 2.24) is 14.9 Å². The molecule has 4 heterocycles. The van der Waals surface area contributed by atoms with Crippen molar-refractivity contribution in [2.45, 2.75) is 39.8 Å². The maximum Gasteiger partial charge on any atom is 0.354 e. The fourth-order valence-electron chi connectivity index (χ4n) is 4.41. The van der Waals surface area contributed by atoms with Crippen LogP contribution in [0.15, 0.2) is 40.8 Å². The number of ketones is 1. The first kappa shape index (κ1) is 23.1. The van der Waals surface area contributed by atoms with Crippen LogP contribution < -0.4 is 9.67 Å². The van der Waals surface area contributed by atoms with Crippen molar-refractivity contribution < 1.29 is 33.2 Å². The van der Waals surface area contributed by atoms with Crippen molar-refractivity contribution in [3.8, 4) is 0 Å². The third kappa shape index (κ3) is 3.91. The molecular formula is C24H26N4O6. The highest BCUT2D eigenvalue weighted by molar-refractivity contribution is 6.46. The summed E-state index contributed by atoms with van der Waals surface area (Å²) in [5.74, 6) is -1.91. The molecule has 3 aromatic rings. The molecule has 10 heteroatoms. The Hall–Kier alpha value is -4.08. The molecule has 1 saturated heterocycles. The highest BCUT2D eigenvalue weighted by Crippen LogP contribution is 2.40. The van der Waals surface area contributed by atoms with Crippen molar-refractivity contribution in [2.75, 3.05) is 13.7 Å². The van der Waals surface area contributed by atoms with E-state index < -0.39 is 29.5 Å². The van der Waals surface area contributed by atoms with Crippen LogP contribution in [-0.4, -0.2) is 46.2 Å². The lowest BCUT2D eigenvalue weighted by Crippen LogP contribution is -2.36. The monoisotopic (exact) mass is 466 g/mol. The largest absolute Gasteiger partial charge is 0.872 e. The van der Waals surface area contributed by atoms with Gasteiger partial charge < -0.3 is 24.1 Å². The van der Waals surface area contributed by atoms with Crippen molar-refractivity contribution in [3.05, 3.63) is 70.5 Å². The zero-order valence-electron chi connectivity index (χ0n) is 19.4. The van der Waals surface area contributed by atoms with Gasteiger partial charge in [-0.05, 0) is 44.0 Å². The first-order valence-corrected chi connectivity index (χ1v) is 10.9. The van der Waals surface area contributed by atoms with Crippen LogP contribution >= 0.6 is 0 Å². The predicted molar refractivity (Wildman–Crippen MR) is 117 cm³/mol. The number of hydrogen-bond donors (Lipinski definition) is 2. The van der Waals surface area contributed by atoms with Crippen molar-refractivity contribution in [1.29, 1.82) is 0 Å². The van der Waals surface area contributed by atoms with E-state index in [1.807, 2.05) is 10.8 Å². The Morgan fingerprint density at radius 3 is 2.65 bits per heavy atom. The Morgan fingerprint density at radius 1 is 1.26 bits per heavy atom. The second kappa shape index (κ2) is 9.05. The number of nitrogens with zero attached hydrogens (tertiary/aromatic N) is 2. The second-order valence-electron chi connectivity index (χ2n) is 8.24. The summed E-state index contributed by atoms with van der Waals surface area (Å²) in [7, 11) is 1.24. The fourth-order valence-corrected chi connectivity index (χ4v) is 4.41. The zero-order chi connectivity index (χ0) is 24.6. The normalized spacial score (nSPS) is 17.5. The van der Waals surface area contributed by atoms with Gasteiger partial charge in [0.1, 0.15) is 35.6 Å². The molecular weight excluding hydrogens is 440 g/mol. The average molecular weight is 466 g/mol. The molecule has 0 bridgehead atoms. The topological polar surface area (TPSA) is 135 Å². The summed E-state index contributed by atoms with van der Waals surface area (Å²) < 4.78 is 12.5. The molecule has 0 aromatic carbocycles. The molecule has 1 amide bonds. The van der Waals surface area contributed by atoms with Gasteiger partial charge >= 0.3 is 5.97 Å². The lowest BCUT2D eigenvalue weighted by atomic mass is 9.97. The van der Waals surface area contributed by atoms with E-state index in [1.54, 1.807) is 45.4 Å². The number of furan rings is 1. The fraction of sp³-hybridized carbons (Fsp3) is 0.333. The highest BCUT2D eigenvalue weighted by atomic mass is 16.5. The Labute approximate surface area is 195 Å². The Morgan fingerprint density at radius 2 is 2.03 bits per heavy atom. The van der Waals surface area contributed by atoms with Crippen LogP contribution in [0.3, 0.4) is 0 Å². The molecule has 10 nitrogen and oxygen atoms in total. The molecule has 3 aromatic heterocycles. The number of ether oxygens (including phenoxy) is 1. The Kier molecular flexibility index (Phi) is 6.14. The van der Waals surface area contributed by atoms with Crippen molar-refractivity contribution >= 4 is 23.4 Å². The second-order valence-corrected chi connectivity index (χ2v) is 8.24. The first-order chi connectivity index (χ1) is 16.2. The molecule has 0 saturated carbocycles. The minimum Gasteiger partial charge on any atom is -0.872 e. The van der Waals surface area contributed by atoms with Crippen LogP contribution in [-0.2, 0) is 20.9 Å². The number of nitrogens with one attached hydrogen (secondary N) is 2. The van der Waals surface area contributed by atoms with Gasteiger partial charge in [-0.1, -0.05) is 5.76 Å². The molecule has 34 heavy (non-hydrogen) atoms. The summed E-state index contributed by atoms with van der Waals surface area (Å²) >= 11 is 0. The van der Waals surface area contributed by atoms with Gasteiger partial charge in [0.15, 0.2) is 0 Å². The van der Waals surface area contributed by atoms with E-state index in [4.69, 9.17) is 9.15 Å². The van der Waals surface area contributed by atoms with Crippen molar-refractivity contribution in [3.63, 3.8) is 0 Å². The quantitative estimate of drug-likeness (QED) is 0.177. The van der Waals surface area contributed by atoms with Crippen LogP contribution in [0.5, 0.6) is 0 Å².